The van der Waals surface area contributed by atoms with Crippen molar-refractivity contribution in [3.63, 3.8) is 0 Å². The third kappa shape index (κ3) is 3.54. The van der Waals surface area contributed by atoms with Gasteiger partial charge in [-0.1, -0.05) is 61.9 Å². The first-order valence-electron chi connectivity index (χ1n) is 12.1. The SMILES string of the molecule is CCC[C@H](NC(=O)OCC1c2ccccc2-c2ccccc21)C(=O)N1C2CCC1(C(=O)O)CC2. The summed E-state index contributed by atoms with van der Waals surface area (Å²) in [4.78, 5) is 39.8. The van der Waals surface area contributed by atoms with E-state index in [-0.39, 0.29) is 24.5 Å². The van der Waals surface area contributed by atoms with E-state index < -0.39 is 23.6 Å². The number of nitrogens with one attached hydrogen (secondary N) is 1. The number of rotatable bonds is 7. The number of hydrogen-bond donors (Lipinski definition) is 2. The van der Waals surface area contributed by atoms with Crippen LogP contribution >= 0.6 is 0 Å². The zero-order chi connectivity index (χ0) is 23.9. The normalized spacial score (nSPS) is 23.3. The molecule has 5 rings (SSSR count). The van der Waals surface area contributed by atoms with Crippen LogP contribution in [-0.4, -0.2) is 52.2 Å². The molecule has 178 valence electrons. The number of benzene rings is 2. The number of carboxylic acids is 1. The zero-order valence-corrected chi connectivity index (χ0v) is 19.3. The van der Waals surface area contributed by atoms with Crippen LogP contribution in [0.5, 0.6) is 0 Å². The second-order valence-corrected chi connectivity index (χ2v) is 9.59. The second kappa shape index (κ2) is 8.78. The number of hydrogen-bond acceptors (Lipinski definition) is 4. The van der Waals surface area contributed by atoms with Gasteiger partial charge in [-0.05, 0) is 54.4 Å². The monoisotopic (exact) mass is 462 g/mol. The van der Waals surface area contributed by atoms with Gasteiger partial charge in [0.1, 0.15) is 18.2 Å². The van der Waals surface area contributed by atoms with Crippen molar-refractivity contribution in [2.24, 2.45) is 0 Å². The fourth-order valence-corrected chi connectivity index (χ4v) is 6.13. The molecule has 0 unspecified atom stereocenters. The molecule has 7 heteroatoms. The molecule has 2 aliphatic heterocycles. The molecular formula is C27H30N2O5. The number of alkyl carbamates (subject to hydrolysis) is 1. The van der Waals surface area contributed by atoms with Crippen LogP contribution in [0.2, 0.25) is 0 Å². The average Bonchev–Trinajstić information content (AvgIpc) is 3.51. The van der Waals surface area contributed by atoms with Gasteiger partial charge in [-0.15, -0.1) is 0 Å². The van der Waals surface area contributed by atoms with Crippen molar-refractivity contribution >= 4 is 18.0 Å². The van der Waals surface area contributed by atoms with E-state index in [1.165, 1.54) is 0 Å². The van der Waals surface area contributed by atoms with Gasteiger partial charge in [-0.2, -0.15) is 0 Å². The van der Waals surface area contributed by atoms with E-state index in [1.807, 2.05) is 31.2 Å². The van der Waals surface area contributed by atoms with Crippen LogP contribution in [0.15, 0.2) is 48.5 Å². The van der Waals surface area contributed by atoms with Gasteiger partial charge in [0.25, 0.3) is 0 Å². The molecule has 0 saturated carbocycles. The van der Waals surface area contributed by atoms with Crippen LogP contribution < -0.4 is 5.32 Å². The zero-order valence-electron chi connectivity index (χ0n) is 19.3. The molecule has 0 aromatic heterocycles. The van der Waals surface area contributed by atoms with Crippen LogP contribution in [0.25, 0.3) is 11.1 Å². The minimum absolute atomic E-state index is 0.0627. The highest BCUT2D eigenvalue weighted by Gasteiger charge is 2.59. The maximum absolute atomic E-state index is 13.4. The van der Waals surface area contributed by atoms with E-state index in [0.717, 1.165) is 22.3 Å². The average molecular weight is 463 g/mol. The first-order chi connectivity index (χ1) is 16.5. The lowest BCUT2D eigenvalue weighted by molar-refractivity contribution is -0.156. The number of carbonyl (C=O) groups is 3. The first-order valence-corrected chi connectivity index (χ1v) is 12.1. The summed E-state index contributed by atoms with van der Waals surface area (Å²) in [5.74, 6) is -1.32. The fourth-order valence-electron chi connectivity index (χ4n) is 6.13. The Hall–Kier alpha value is -3.35. The van der Waals surface area contributed by atoms with Crippen LogP contribution in [0, 0.1) is 0 Å². The Morgan fingerprint density at radius 3 is 2.21 bits per heavy atom. The lowest BCUT2D eigenvalue weighted by atomic mass is 9.88. The van der Waals surface area contributed by atoms with Gasteiger partial charge in [0.15, 0.2) is 0 Å². The summed E-state index contributed by atoms with van der Waals surface area (Å²) < 4.78 is 5.63. The minimum Gasteiger partial charge on any atom is -0.479 e. The topological polar surface area (TPSA) is 95.9 Å². The van der Waals surface area contributed by atoms with Crippen LogP contribution in [0.1, 0.15) is 62.5 Å². The first kappa shape index (κ1) is 22.4. The maximum Gasteiger partial charge on any atom is 0.407 e. The van der Waals surface area contributed by atoms with Gasteiger partial charge in [0.05, 0.1) is 0 Å². The summed E-state index contributed by atoms with van der Waals surface area (Å²) in [6.07, 6.45) is 2.81. The Balaban J connectivity index is 1.28. The van der Waals surface area contributed by atoms with E-state index in [4.69, 9.17) is 4.74 Å². The molecule has 0 radical (unpaired) electrons. The highest BCUT2D eigenvalue weighted by molar-refractivity contribution is 5.93. The Kier molecular flexibility index (Phi) is 5.80. The molecule has 34 heavy (non-hydrogen) atoms. The number of aliphatic carboxylic acids is 1. The molecule has 2 aromatic carbocycles. The Morgan fingerprint density at radius 2 is 1.65 bits per heavy atom. The number of nitrogens with zero attached hydrogens (tertiary/aromatic N) is 1. The molecule has 3 aliphatic rings. The molecule has 2 bridgehead atoms. The van der Waals surface area contributed by atoms with Crippen molar-refractivity contribution in [3.8, 4) is 11.1 Å². The summed E-state index contributed by atoms with van der Waals surface area (Å²) >= 11 is 0. The quantitative estimate of drug-likeness (QED) is 0.640. The smallest absolute Gasteiger partial charge is 0.407 e. The summed E-state index contributed by atoms with van der Waals surface area (Å²) in [5.41, 5.74) is 3.41. The van der Waals surface area contributed by atoms with Gasteiger partial charge >= 0.3 is 12.1 Å². The predicted molar refractivity (Wildman–Crippen MR) is 126 cm³/mol. The van der Waals surface area contributed by atoms with Crippen molar-refractivity contribution in [1.29, 1.82) is 0 Å². The molecule has 2 N–H and O–H groups in total. The Morgan fingerprint density at radius 1 is 1.06 bits per heavy atom. The molecule has 7 nitrogen and oxygen atoms in total. The molecule has 1 atom stereocenters. The summed E-state index contributed by atoms with van der Waals surface area (Å²) in [6, 6.07) is 15.4. The highest BCUT2D eigenvalue weighted by Crippen LogP contribution is 2.47. The molecule has 0 spiro atoms. The van der Waals surface area contributed by atoms with Gasteiger partial charge in [0, 0.05) is 12.0 Å². The second-order valence-electron chi connectivity index (χ2n) is 9.59. The largest absolute Gasteiger partial charge is 0.479 e. The molecule has 2 saturated heterocycles. The van der Waals surface area contributed by atoms with Gasteiger partial charge in [0.2, 0.25) is 5.91 Å². The Labute approximate surface area is 199 Å². The summed E-state index contributed by atoms with van der Waals surface area (Å²) in [6.45, 7) is 2.10. The van der Waals surface area contributed by atoms with Crippen molar-refractivity contribution in [1.82, 2.24) is 10.2 Å². The predicted octanol–water partition coefficient (Wildman–Crippen LogP) is 4.30. The molecule has 2 heterocycles. The van der Waals surface area contributed by atoms with Crippen LogP contribution in [0.3, 0.4) is 0 Å². The van der Waals surface area contributed by atoms with Gasteiger partial charge in [-0.25, -0.2) is 9.59 Å². The molecule has 2 fully saturated rings. The van der Waals surface area contributed by atoms with Gasteiger partial charge < -0.3 is 20.1 Å². The van der Waals surface area contributed by atoms with Crippen molar-refractivity contribution in [2.45, 2.75) is 69.0 Å². The summed E-state index contributed by atoms with van der Waals surface area (Å²) in [7, 11) is 0. The third-order valence-corrected chi connectivity index (χ3v) is 7.76. The van der Waals surface area contributed by atoms with E-state index in [9.17, 15) is 19.5 Å². The van der Waals surface area contributed by atoms with E-state index in [2.05, 4.69) is 29.6 Å². The van der Waals surface area contributed by atoms with Crippen molar-refractivity contribution in [2.75, 3.05) is 6.61 Å². The number of ether oxygens (including phenoxy) is 1. The molecule has 2 amide bonds. The number of amides is 2. The summed E-state index contributed by atoms with van der Waals surface area (Å²) in [5, 5.41) is 12.6. The highest BCUT2D eigenvalue weighted by atomic mass is 16.5. The molecule has 2 aromatic rings. The molecule has 1 aliphatic carbocycles. The lowest BCUT2D eigenvalue weighted by Crippen LogP contribution is -2.57. The van der Waals surface area contributed by atoms with Crippen molar-refractivity contribution in [3.05, 3.63) is 59.7 Å². The number of carboxylic acid groups (broad SMARTS) is 1. The molecular weight excluding hydrogens is 432 g/mol. The van der Waals surface area contributed by atoms with E-state index in [0.29, 0.717) is 38.5 Å². The van der Waals surface area contributed by atoms with Crippen LogP contribution in [0.4, 0.5) is 4.79 Å². The standard InChI is InChI=1S/C27H30N2O5/c1-2-7-23(24(30)29-17-12-14-27(29,15-13-17)25(31)32)28-26(33)34-16-22-20-10-5-3-8-18(20)19-9-4-6-11-21(19)22/h3-6,8-11,17,22-23H,2,7,12-16H2,1H3,(H,28,33)(H,31,32)/t17?,23-,27?/m0/s1. The van der Waals surface area contributed by atoms with Crippen LogP contribution in [-0.2, 0) is 14.3 Å². The van der Waals surface area contributed by atoms with Gasteiger partial charge in [-0.3, -0.25) is 4.79 Å². The lowest BCUT2D eigenvalue weighted by Gasteiger charge is -2.33. The van der Waals surface area contributed by atoms with Crippen molar-refractivity contribution < 1.29 is 24.2 Å². The number of fused-ring (bicyclic) bond motifs is 5. The maximum atomic E-state index is 13.4. The fraction of sp³-hybridized carbons (Fsp3) is 0.444. The minimum atomic E-state index is -1.13. The van der Waals surface area contributed by atoms with E-state index >= 15 is 0 Å². The van der Waals surface area contributed by atoms with E-state index in [1.54, 1.807) is 4.90 Å². The third-order valence-electron chi connectivity index (χ3n) is 7.76. The Bertz CT molecular complexity index is 1080. The number of carbonyl (C=O) groups excluding carboxylic acids is 2.